The van der Waals surface area contributed by atoms with Crippen molar-refractivity contribution >= 4 is 11.3 Å². The lowest BCUT2D eigenvalue weighted by Crippen LogP contribution is -2.48. The normalized spacial score (nSPS) is 30.3. The van der Waals surface area contributed by atoms with Crippen molar-refractivity contribution in [3.63, 3.8) is 0 Å². The zero-order valence-electron chi connectivity index (χ0n) is 8.90. The Morgan fingerprint density at radius 2 is 2.53 bits per heavy atom. The fourth-order valence-electron chi connectivity index (χ4n) is 2.17. The Bertz CT molecular complexity index is 315. The van der Waals surface area contributed by atoms with E-state index in [1.807, 2.05) is 24.4 Å². The van der Waals surface area contributed by atoms with Gasteiger partial charge in [0.2, 0.25) is 0 Å². The van der Waals surface area contributed by atoms with Crippen LogP contribution < -0.4 is 5.73 Å². The molecule has 0 bridgehead atoms. The number of hydrogen-bond acceptors (Lipinski definition) is 4. The molecule has 84 valence electrons. The van der Waals surface area contributed by atoms with Crippen LogP contribution in [0.4, 0.5) is 0 Å². The molecule has 0 aliphatic carbocycles. The van der Waals surface area contributed by atoms with Crippen molar-refractivity contribution < 1.29 is 9.84 Å². The molecule has 2 rings (SSSR count). The van der Waals surface area contributed by atoms with Gasteiger partial charge in [-0.2, -0.15) is 0 Å². The van der Waals surface area contributed by atoms with Gasteiger partial charge in [0.1, 0.15) is 5.60 Å². The molecule has 3 nitrogen and oxygen atoms in total. The Morgan fingerprint density at radius 3 is 3.00 bits per heavy atom. The Morgan fingerprint density at radius 1 is 1.73 bits per heavy atom. The summed E-state index contributed by atoms with van der Waals surface area (Å²) >= 11 is 1.57. The fraction of sp³-hybridized carbons (Fsp3) is 0.636. The molecule has 1 aromatic rings. The molecule has 4 heteroatoms. The van der Waals surface area contributed by atoms with Crippen molar-refractivity contribution in [1.29, 1.82) is 0 Å². The summed E-state index contributed by atoms with van der Waals surface area (Å²) in [5, 5.41) is 12.7. The highest BCUT2D eigenvalue weighted by molar-refractivity contribution is 7.10. The van der Waals surface area contributed by atoms with Gasteiger partial charge in [-0.3, -0.25) is 0 Å². The lowest BCUT2D eigenvalue weighted by Gasteiger charge is -2.40. The molecule has 0 amide bonds. The van der Waals surface area contributed by atoms with Gasteiger partial charge in [0.05, 0.1) is 6.61 Å². The van der Waals surface area contributed by atoms with E-state index in [1.54, 1.807) is 11.3 Å². The molecule has 3 N–H and O–H groups in total. The van der Waals surface area contributed by atoms with E-state index >= 15 is 0 Å². The Balaban J connectivity index is 2.34. The van der Waals surface area contributed by atoms with Crippen LogP contribution in [0.1, 0.15) is 18.2 Å². The minimum absolute atomic E-state index is 0.322. The number of thiophene rings is 1. The van der Waals surface area contributed by atoms with Crippen molar-refractivity contribution in [2.45, 2.75) is 18.9 Å². The van der Waals surface area contributed by atoms with Crippen LogP contribution in [0, 0.1) is 5.41 Å². The number of ether oxygens (including phenoxy) is 1. The molecule has 1 saturated heterocycles. The predicted molar refractivity (Wildman–Crippen MR) is 60.8 cm³/mol. The van der Waals surface area contributed by atoms with Crippen molar-refractivity contribution in [1.82, 2.24) is 0 Å². The number of hydrogen-bond donors (Lipinski definition) is 2. The summed E-state index contributed by atoms with van der Waals surface area (Å²) in [6.45, 7) is 3.55. The topological polar surface area (TPSA) is 55.5 Å². The van der Waals surface area contributed by atoms with E-state index in [9.17, 15) is 5.11 Å². The van der Waals surface area contributed by atoms with Crippen LogP contribution in [0.3, 0.4) is 0 Å². The number of rotatable bonds is 3. The van der Waals surface area contributed by atoms with E-state index in [0.717, 1.165) is 11.3 Å². The second-order valence-corrected chi connectivity index (χ2v) is 5.28. The highest BCUT2D eigenvalue weighted by Gasteiger charge is 2.50. The largest absolute Gasteiger partial charge is 0.384 e. The van der Waals surface area contributed by atoms with Gasteiger partial charge in [-0.05, 0) is 24.8 Å². The summed E-state index contributed by atoms with van der Waals surface area (Å²) in [4.78, 5) is 0.971. The van der Waals surface area contributed by atoms with Gasteiger partial charge >= 0.3 is 0 Å². The van der Waals surface area contributed by atoms with E-state index < -0.39 is 5.60 Å². The minimum atomic E-state index is -0.883. The average Bonchev–Trinajstić information content (AvgIpc) is 2.90. The third kappa shape index (κ3) is 1.61. The molecule has 0 radical (unpaired) electrons. The molecule has 0 aromatic carbocycles. The maximum Gasteiger partial charge on any atom is 0.105 e. The van der Waals surface area contributed by atoms with Crippen LogP contribution in [0.25, 0.3) is 0 Å². The van der Waals surface area contributed by atoms with Gasteiger partial charge in [-0.25, -0.2) is 0 Å². The van der Waals surface area contributed by atoms with E-state index in [2.05, 4.69) is 0 Å². The van der Waals surface area contributed by atoms with Gasteiger partial charge in [0, 0.05) is 23.4 Å². The summed E-state index contributed by atoms with van der Waals surface area (Å²) in [7, 11) is 0. The molecule has 0 spiro atoms. The first-order valence-electron chi connectivity index (χ1n) is 5.17. The van der Waals surface area contributed by atoms with Crippen molar-refractivity contribution in [2.75, 3.05) is 19.8 Å². The Kier molecular flexibility index (Phi) is 2.85. The van der Waals surface area contributed by atoms with Gasteiger partial charge in [0.15, 0.2) is 0 Å². The van der Waals surface area contributed by atoms with Crippen LogP contribution in [-0.4, -0.2) is 24.9 Å². The average molecular weight is 227 g/mol. The standard InChI is InChI=1S/C11H17NO2S/c1-10(13,9-3-2-6-15-9)11(7-12)4-5-14-8-11/h2-3,6,13H,4-5,7-8,12H2,1H3. The second kappa shape index (κ2) is 3.87. The minimum Gasteiger partial charge on any atom is -0.384 e. The molecule has 2 heterocycles. The number of aliphatic hydroxyl groups is 1. The zero-order valence-corrected chi connectivity index (χ0v) is 9.72. The first kappa shape index (κ1) is 11.1. The molecule has 1 aliphatic heterocycles. The maximum absolute atomic E-state index is 10.7. The number of nitrogens with two attached hydrogens (primary N) is 1. The van der Waals surface area contributed by atoms with Gasteiger partial charge in [-0.15, -0.1) is 11.3 Å². The lowest BCUT2D eigenvalue weighted by atomic mass is 9.71. The molecule has 15 heavy (non-hydrogen) atoms. The monoisotopic (exact) mass is 227 g/mol. The summed E-state index contributed by atoms with van der Waals surface area (Å²) in [5.74, 6) is 0. The summed E-state index contributed by atoms with van der Waals surface area (Å²) in [6, 6.07) is 3.91. The highest BCUT2D eigenvalue weighted by atomic mass is 32.1. The molecule has 1 aromatic heterocycles. The molecule has 0 saturated carbocycles. The molecule has 1 fully saturated rings. The molecular formula is C11H17NO2S. The lowest BCUT2D eigenvalue weighted by molar-refractivity contribution is -0.0719. The fourth-order valence-corrected chi connectivity index (χ4v) is 3.07. The molecule has 2 unspecified atom stereocenters. The third-order valence-corrected chi connectivity index (χ3v) is 4.61. The second-order valence-electron chi connectivity index (χ2n) is 4.34. The first-order chi connectivity index (χ1) is 7.12. The van der Waals surface area contributed by atoms with Crippen LogP contribution in [0.15, 0.2) is 17.5 Å². The Labute approximate surface area is 93.9 Å². The third-order valence-electron chi connectivity index (χ3n) is 3.53. The SMILES string of the molecule is CC(O)(c1cccs1)C1(CN)CCOC1. The van der Waals surface area contributed by atoms with Crippen LogP contribution in [0.2, 0.25) is 0 Å². The molecule has 2 atom stereocenters. The van der Waals surface area contributed by atoms with E-state index in [1.165, 1.54) is 0 Å². The predicted octanol–water partition coefficient (Wildman–Crippen LogP) is 1.32. The highest BCUT2D eigenvalue weighted by Crippen LogP contribution is 2.46. The van der Waals surface area contributed by atoms with Crippen molar-refractivity contribution in [3.8, 4) is 0 Å². The maximum atomic E-state index is 10.7. The summed E-state index contributed by atoms with van der Waals surface area (Å²) in [5.41, 5.74) is 4.62. The summed E-state index contributed by atoms with van der Waals surface area (Å²) < 4.78 is 5.40. The van der Waals surface area contributed by atoms with Gasteiger partial charge in [0.25, 0.3) is 0 Å². The summed E-state index contributed by atoms with van der Waals surface area (Å²) in [6.07, 6.45) is 0.828. The van der Waals surface area contributed by atoms with E-state index in [0.29, 0.717) is 19.8 Å². The Hall–Kier alpha value is -0.420. The first-order valence-corrected chi connectivity index (χ1v) is 6.04. The van der Waals surface area contributed by atoms with E-state index in [-0.39, 0.29) is 5.41 Å². The van der Waals surface area contributed by atoms with Crippen LogP contribution in [-0.2, 0) is 10.3 Å². The van der Waals surface area contributed by atoms with Crippen molar-refractivity contribution in [2.24, 2.45) is 11.1 Å². The molecule has 1 aliphatic rings. The van der Waals surface area contributed by atoms with Crippen LogP contribution in [0.5, 0.6) is 0 Å². The molecular weight excluding hydrogens is 210 g/mol. The van der Waals surface area contributed by atoms with Crippen LogP contribution >= 0.6 is 11.3 Å². The smallest absolute Gasteiger partial charge is 0.105 e. The van der Waals surface area contributed by atoms with Crippen molar-refractivity contribution in [3.05, 3.63) is 22.4 Å². The van der Waals surface area contributed by atoms with Gasteiger partial charge in [-0.1, -0.05) is 6.07 Å². The quantitative estimate of drug-likeness (QED) is 0.819. The van der Waals surface area contributed by atoms with Gasteiger partial charge < -0.3 is 15.6 Å². The van der Waals surface area contributed by atoms with E-state index in [4.69, 9.17) is 10.5 Å². The zero-order chi connectivity index (χ0) is 10.9.